The second kappa shape index (κ2) is 8.21. The summed E-state index contributed by atoms with van der Waals surface area (Å²) in [5.74, 6) is 0.644. The van der Waals surface area contributed by atoms with Gasteiger partial charge in [0.2, 0.25) is 0 Å². The van der Waals surface area contributed by atoms with Gasteiger partial charge in [-0.2, -0.15) is 0 Å². The molecule has 0 aromatic heterocycles. The van der Waals surface area contributed by atoms with Crippen LogP contribution in [0.1, 0.15) is 27.2 Å². The van der Waals surface area contributed by atoms with E-state index in [4.69, 9.17) is 0 Å². The summed E-state index contributed by atoms with van der Waals surface area (Å²) in [4.78, 5) is 2.18. The van der Waals surface area contributed by atoms with Crippen molar-refractivity contribution in [3.8, 4) is 0 Å². The van der Waals surface area contributed by atoms with Gasteiger partial charge in [-0.15, -0.1) is 0 Å². The van der Waals surface area contributed by atoms with Gasteiger partial charge in [-0.3, -0.25) is 0 Å². The SMILES string of the molecule is CCCNCC(C)CN(C)CC(C)O. The van der Waals surface area contributed by atoms with Crippen LogP contribution in [0.3, 0.4) is 0 Å². The number of hydrogen-bond acceptors (Lipinski definition) is 3. The van der Waals surface area contributed by atoms with Crippen molar-refractivity contribution in [3.05, 3.63) is 0 Å². The Kier molecular flexibility index (Phi) is 8.14. The lowest BCUT2D eigenvalue weighted by atomic mass is 10.1. The fraction of sp³-hybridized carbons (Fsp3) is 1.00. The fourth-order valence-corrected chi connectivity index (χ4v) is 1.65. The molecule has 0 aromatic carbocycles. The standard InChI is InChI=1S/C11H26N2O/c1-5-6-12-7-10(2)8-13(4)9-11(3)14/h10-12,14H,5-9H2,1-4H3. The third-order valence-corrected chi connectivity index (χ3v) is 2.12. The molecular formula is C11H26N2O. The lowest BCUT2D eigenvalue weighted by Gasteiger charge is -2.22. The Morgan fingerprint density at radius 1 is 1.29 bits per heavy atom. The molecule has 0 heterocycles. The van der Waals surface area contributed by atoms with E-state index in [9.17, 15) is 5.11 Å². The molecule has 86 valence electrons. The Bertz CT molecular complexity index is 128. The van der Waals surface area contributed by atoms with Crippen molar-refractivity contribution in [1.82, 2.24) is 10.2 Å². The minimum Gasteiger partial charge on any atom is -0.392 e. The van der Waals surface area contributed by atoms with E-state index in [2.05, 4.69) is 31.1 Å². The van der Waals surface area contributed by atoms with E-state index in [1.54, 1.807) is 0 Å². The summed E-state index contributed by atoms with van der Waals surface area (Å²) in [5.41, 5.74) is 0. The predicted molar refractivity (Wildman–Crippen MR) is 61.5 cm³/mol. The van der Waals surface area contributed by atoms with E-state index in [0.29, 0.717) is 5.92 Å². The Labute approximate surface area is 88.5 Å². The molecule has 0 bridgehead atoms. The molecule has 0 spiro atoms. The van der Waals surface area contributed by atoms with Crippen LogP contribution in [-0.2, 0) is 0 Å². The Morgan fingerprint density at radius 2 is 1.93 bits per heavy atom. The molecule has 3 nitrogen and oxygen atoms in total. The minimum absolute atomic E-state index is 0.226. The molecular weight excluding hydrogens is 176 g/mol. The summed E-state index contributed by atoms with van der Waals surface area (Å²) in [6.45, 7) is 10.2. The van der Waals surface area contributed by atoms with Crippen LogP contribution in [0, 0.1) is 5.92 Å². The first-order valence-electron chi connectivity index (χ1n) is 5.63. The summed E-state index contributed by atoms with van der Waals surface area (Å²) in [6.07, 6.45) is 0.965. The van der Waals surface area contributed by atoms with Crippen molar-refractivity contribution < 1.29 is 5.11 Å². The molecule has 0 saturated carbocycles. The summed E-state index contributed by atoms with van der Waals surface area (Å²) in [5, 5.41) is 12.6. The molecule has 2 N–H and O–H groups in total. The fourth-order valence-electron chi connectivity index (χ4n) is 1.65. The van der Waals surface area contributed by atoms with Gasteiger partial charge < -0.3 is 15.3 Å². The molecule has 0 fully saturated rings. The normalized spacial score (nSPS) is 15.9. The summed E-state index contributed by atoms with van der Waals surface area (Å²) in [7, 11) is 2.06. The van der Waals surface area contributed by atoms with Gasteiger partial charge in [-0.1, -0.05) is 13.8 Å². The third-order valence-electron chi connectivity index (χ3n) is 2.12. The van der Waals surface area contributed by atoms with Gasteiger partial charge in [-0.25, -0.2) is 0 Å². The highest BCUT2D eigenvalue weighted by Crippen LogP contribution is 1.97. The van der Waals surface area contributed by atoms with Crippen LogP contribution in [0.5, 0.6) is 0 Å². The molecule has 0 saturated heterocycles. The van der Waals surface area contributed by atoms with Crippen molar-refractivity contribution in [2.45, 2.75) is 33.3 Å². The van der Waals surface area contributed by atoms with E-state index < -0.39 is 0 Å². The lowest BCUT2D eigenvalue weighted by Crippen LogP contribution is -2.34. The molecule has 2 unspecified atom stereocenters. The Morgan fingerprint density at radius 3 is 2.43 bits per heavy atom. The molecule has 0 amide bonds. The van der Waals surface area contributed by atoms with Gasteiger partial charge >= 0.3 is 0 Å². The molecule has 0 aliphatic rings. The highest BCUT2D eigenvalue weighted by molar-refractivity contribution is 4.63. The molecule has 3 heteroatoms. The number of hydrogen-bond donors (Lipinski definition) is 2. The first-order valence-corrected chi connectivity index (χ1v) is 5.63. The Balaban J connectivity index is 3.44. The molecule has 2 atom stereocenters. The zero-order valence-electron chi connectivity index (χ0n) is 10.1. The van der Waals surface area contributed by atoms with Gasteiger partial charge in [0.1, 0.15) is 0 Å². The molecule has 0 rings (SSSR count). The molecule has 0 aliphatic carbocycles. The quantitative estimate of drug-likeness (QED) is 0.575. The van der Waals surface area contributed by atoms with Gasteiger partial charge in [0.05, 0.1) is 6.10 Å². The smallest absolute Gasteiger partial charge is 0.0638 e. The van der Waals surface area contributed by atoms with Crippen molar-refractivity contribution in [2.75, 3.05) is 33.2 Å². The second-order valence-electron chi connectivity index (χ2n) is 4.38. The van der Waals surface area contributed by atoms with E-state index in [1.165, 1.54) is 6.42 Å². The average molecular weight is 202 g/mol. The maximum Gasteiger partial charge on any atom is 0.0638 e. The second-order valence-corrected chi connectivity index (χ2v) is 4.38. The minimum atomic E-state index is -0.226. The maximum absolute atomic E-state index is 9.19. The topological polar surface area (TPSA) is 35.5 Å². The number of likely N-dealkylation sites (N-methyl/N-ethyl adjacent to an activating group) is 1. The number of nitrogens with zero attached hydrogens (tertiary/aromatic N) is 1. The van der Waals surface area contributed by atoms with Crippen molar-refractivity contribution >= 4 is 0 Å². The number of nitrogens with one attached hydrogen (secondary N) is 1. The summed E-state index contributed by atoms with van der Waals surface area (Å²) in [6, 6.07) is 0. The number of aliphatic hydroxyl groups excluding tert-OH is 1. The average Bonchev–Trinajstić information content (AvgIpc) is 2.02. The van der Waals surface area contributed by atoms with Crippen molar-refractivity contribution in [2.24, 2.45) is 5.92 Å². The van der Waals surface area contributed by atoms with Crippen LogP contribution in [0.15, 0.2) is 0 Å². The van der Waals surface area contributed by atoms with E-state index in [-0.39, 0.29) is 6.10 Å². The summed E-state index contributed by atoms with van der Waals surface area (Å²) < 4.78 is 0. The highest BCUT2D eigenvalue weighted by Gasteiger charge is 2.07. The van der Waals surface area contributed by atoms with Crippen molar-refractivity contribution in [1.29, 1.82) is 0 Å². The van der Waals surface area contributed by atoms with Crippen LogP contribution in [0.25, 0.3) is 0 Å². The van der Waals surface area contributed by atoms with E-state index in [1.807, 2.05) is 6.92 Å². The van der Waals surface area contributed by atoms with Gasteiger partial charge in [0.25, 0.3) is 0 Å². The summed E-state index contributed by atoms with van der Waals surface area (Å²) >= 11 is 0. The predicted octanol–water partition coefficient (Wildman–Crippen LogP) is 0.935. The zero-order valence-corrected chi connectivity index (χ0v) is 10.1. The number of aliphatic hydroxyl groups is 1. The van der Waals surface area contributed by atoms with Crippen LogP contribution in [-0.4, -0.2) is 49.3 Å². The first-order chi connectivity index (χ1) is 6.56. The zero-order chi connectivity index (χ0) is 11.0. The molecule has 14 heavy (non-hydrogen) atoms. The van der Waals surface area contributed by atoms with E-state index in [0.717, 1.165) is 26.2 Å². The highest BCUT2D eigenvalue weighted by atomic mass is 16.3. The molecule has 0 aromatic rings. The van der Waals surface area contributed by atoms with Crippen LogP contribution >= 0.6 is 0 Å². The van der Waals surface area contributed by atoms with Crippen LogP contribution < -0.4 is 5.32 Å². The van der Waals surface area contributed by atoms with Crippen molar-refractivity contribution in [3.63, 3.8) is 0 Å². The lowest BCUT2D eigenvalue weighted by molar-refractivity contribution is 0.133. The maximum atomic E-state index is 9.19. The van der Waals surface area contributed by atoms with Gasteiger partial charge in [0, 0.05) is 13.1 Å². The van der Waals surface area contributed by atoms with Crippen LogP contribution in [0.4, 0.5) is 0 Å². The number of rotatable bonds is 8. The molecule has 0 aliphatic heterocycles. The van der Waals surface area contributed by atoms with E-state index >= 15 is 0 Å². The van der Waals surface area contributed by atoms with Gasteiger partial charge in [0.15, 0.2) is 0 Å². The molecule has 0 radical (unpaired) electrons. The van der Waals surface area contributed by atoms with Crippen LogP contribution in [0.2, 0.25) is 0 Å². The monoisotopic (exact) mass is 202 g/mol. The third kappa shape index (κ3) is 8.48. The first kappa shape index (κ1) is 13.9. The Hall–Kier alpha value is -0.120. The largest absolute Gasteiger partial charge is 0.392 e. The van der Waals surface area contributed by atoms with Gasteiger partial charge in [-0.05, 0) is 39.4 Å².